The first-order chi connectivity index (χ1) is 8.74. The Morgan fingerprint density at radius 2 is 1.84 bits per heavy atom. The second-order valence-corrected chi connectivity index (χ2v) is 4.18. The van der Waals surface area contributed by atoms with Crippen molar-refractivity contribution in [3.8, 4) is 0 Å². The van der Waals surface area contributed by atoms with Crippen molar-refractivity contribution in [2.75, 3.05) is 5.32 Å². The molecule has 3 N–H and O–H groups in total. The second-order valence-electron chi connectivity index (χ2n) is 4.18. The Labute approximate surface area is 131 Å². The van der Waals surface area contributed by atoms with Gasteiger partial charge in [0.15, 0.2) is 5.96 Å². The molecular formula is C15H18IN3. The Kier molecular flexibility index (Phi) is 6.35. The van der Waals surface area contributed by atoms with Crippen molar-refractivity contribution in [3.05, 3.63) is 65.7 Å². The molecule has 0 spiro atoms. The fourth-order valence-corrected chi connectivity index (χ4v) is 1.70. The molecule has 0 aliphatic heterocycles. The lowest BCUT2D eigenvalue weighted by atomic mass is 10.1. The maximum atomic E-state index is 5.83. The number of benzene rings is 2. The molecule has 0 aromatic heterocycles. The number of nitrogens with two attached hydrogens (primary N) is 1. The standard InChI is InChI=1S/C15H17N3.HI/c1-12-6-5-7-13(10-12)11-17-15(16)18-14-8-3-2-4-9-14;/h2-10H,11H2,1H3,(H3,16,17,18);1H. The maximum Gasteiger partial charge on any atom is 0.193 e. The number of para-hydroxylation sites is 1. The third-order valence-corrected chi connectivity index (χ3v) is 2.56. The highest BCUT2D eigenvalue weighted by Gasteiger charge is 1.95. The maximum absolute atomic E-state index is 5.83. The van der Waals surface area contributed by atoms with Gasteiger partial charge >= 0.3 is 0 Å². The van der Waals surface area contributed by atoms with Gasteiger partial charge in [-0.1, -0.05) is 48.0 Å². The molecule has 0 bridgehead atoms. The highest BCUT2D eigenvalue weighted by Crippen LogP contribution is 2.06. The van der Waals surface area contributed by atoms with Gasteiger partial charge in [0.05, 0.1) is 6.54 Å². The minimum absolute atomic E-state index is 0. The van der Waals surface area contributed by atoms with Crippen molar-refractivity contribution in [2.24, 2.45) is 10.7 Å². The van der Waals surface area contributed by atoms with Gasteiger partial charge in [-0.25, -0.2) is 4.99 Å². The zero-order valence-electron chi connectivity index (χ0n) is 10.8. The normalized spacial score (nSPS) is 10.7. The smallest absolute Gasteiger partial charge is 0.193 e. The average molecular weight is 367 g/mol. The molecule has 0 heterocycles. The SMILES string of the molecule is Cc1cccc(CN=C(N)Nc2ccccc2)c1.I. The number of guanidine groups is 1. The van der Waals surface area contributed by atoms with Crippen LogP contribution >= 0.6 is 24.0 Å². The van der Waals surface area contributed by atoms with Gasteiger partial charge in [0.1, 0.15) is 0 Å². The summed E-state index contributed by atoms with van der Waals surface area (Å²) in [6.07, 6.45) is 0. The largest absolute Gasteiger partial charge is 0.370 e. The number of rotatable bonds is 3. The van der Waals surface area contributed by atoms with Gasteiger partial charge in [-0.3, -0.25) is 0 Å². The van der Waals surface area contributed by atoms with E-state index in [4.69, 9.17) is 5.73 Å². The molecule has 0 saturated heterocycles. The molecule has 100 valence electrons. The average Bonchev–Trinajstić information content (AvgIpc) is 2.38. The fourth-order valence-electron chi connectivity index (χ4n) is 1.70. The van der Waals surface area contributed by atoms with Crippen LogP contribution in [0.2, 0.25) is 0 Å². The molecule has 4 heteroatoms. The van der Waals surface area contributed by atoms with E-state index in [9.17, 15) is 0 Å². The molecule has 19 heavy (non-hydrogen) atoms. The van der Waals surface area contributed by atoms with Crippen LogP contribution < -0.4 is 11.1 Å². The summed E-state index contributed by atoms with van der Waals surface area (Å²) in [5.74, 6) is 0.433. The van der Waals surface area contributed by atoms with Crippen LogP contribution in [0.25, 0.3) is 0 Å². The monoisotopic (exact) mass is 367 g/mol. The molecule has 0 aliphatic rings. The molecule has 2 rings (SSSR count). The number of hydrogen-bond donors (Lipinski definition) is 2. The van der Waals surface area contributed by atoms with Gasteiger partial charge in [0.25, 0.3) is 0 Å². The summed E-state index contributed by atoms with van der Waals surface area (Å²) in [6, 6.07) is 18.0. The second kappa shape index (κ2) is 7.78. The number of hydrogen-bond acceptors (Lipinski definition) is 1. The number of nitrogens with one attached hydrogen (secondary N) is 1. The zero-order valence-corrected chi connectivity index (χ0v) is 13.2. The van der Waals surface area contributed by atoms with E-state index in [0.29, 0.717) is 12.5 Å². The van der Waals surface area contributed by atoms with Crippen LogP contribution in [-0.2, 0) is 6.54 Å². The van der Waals surface area contributed by atoms with Crippen LogP contribution in [-0.4, -0.2) is 5.96 Å². The van der Waals surface area contributed by atoms with Crippen LogP contribution in [0.1, 0.15) is 11.1 Å². The van der Waals surface area contributed by atoms with E-state index >= 15 is 0 Å². The van der Waals surface area contributed by atoms with Crippen molar-refractivity contribution in [1.82, 2.24) is 0 Å². The fraction of sp³-hybridized carbons (Fsp3) is 0.133. The topological polar surface area (TPSA) is 50.4 Å². The molecule has 0 fully saturated rings. The van der Waals surface area contributed by atoms with Crippen LogP contribution in [0.15, 0.2) is 59.6 Å². The highest BCUT2D eigenvalue weighted by molar-refractivity contribution is 14.0. The summed E-state index contributed by atoms with van der Waals surface area (Å²) in [4.78, 5) is 4.31. The van der Waals surface area contributed by atoms with Crippen molar-refractivity contribution in [2.45, 2.75) is 13.5 Å². The Morgan fingerprint density at radius 3 is 2.53 bits per heavy atom. The first-order valence-electron chi connectivity index (χ1n) is 5.91. The minimum atomic E-state index is 0. The lowest BCUT2D eigenvalue weighted by Gasteiger charge is -2.05. The number of anilines is 1. The van der Waals surface area contributed by atoms with E-state index in [1.165, 1.54) is 5.56 Å². The van der Waals surface area contributed by atoms with Crippen molar-refractivity contribution in [3.63, 3.8) is 0 Å². The minimum Gasteiger partial charge on any atom is -0.370 e. The lowest BCUT2D eigenvalue weighted by Crippen LogP contribution is -2.22. The van der Waals surface area contributed by atoms with E-state index in [1.807, 2.05) is 42.5 Å². The lowest BCUT2D eigenvalue weighted by molar-refractivity contribution is 1.05. The van der Waals surface area contributed by atoms with Gasteiger partial charge in [0.2, 0.25) is 0 Å². The van der Waals surface area contributed by atoms with E-state index in [-0.39, 0.29) is 24.0 Å². The summed E-state index contributed by atoms with van der Waals surface area (Å²) >= 11 is 0. The predicted octanol–water partition coefficient (Wildman–Crippen LogP) is 3.54. The van der Waals surface area contributed by atoms with Gasteiger partial charge < -0.3 is 11.1 Å². The van der Waals surface area contributed by atoms with E-state index in [1.54, 1.807) is 0 Å². The number of aliphatic imine (C=N–C) groups is 1. The quantitative estimate of drug-likeness (QED) is 0.495. The zero-order chi connectivity index (χ0) is 12.8. The van der Waals surface area contributed by atoms with Gasteiger partial charge in [-0.15, -0.1) is 24.0 Å². The van der Waals surface area contributed by atoms with Crippen molar-refractivity contribution < 1.29 is 0 Å². The first kappa shape index (κ1) is 15.5. The Morgan fingerprint density at radius 1 is 1.11 bits per heavy atom. The van der Waals surface area contributed by atoms with Crippen LogP contribution in [0, 0.1) is 6.92 Å². The van der Waals surface area contributed by atoms with Gasteiger partial charge in [-0.05, 0) is 24.6 Å². The van der Waals surface area contributed by atoms with Crippen LogP contribution in [0.5, 0.6) is 0 Å². The molecule has 2 aromatic carbocycles. The van der Waals surface area contributed by atoms with Crippen molar-refractivity contribution in [1.29, 1.82) is 0 Å². The molecule has 0 atom stereocenters. The number of halogens is 1. The van der Waals surface area contributed by atoms with E-state index in [2.05, 4.69) is 29.4 Å². The third kappa shape index (κ3) is 5.30. The summed E-state index contributed by atoms with van der Waals surface area (Å²) in [7, 11) is 0. The van der Waals surface area contributed by atoms with E-state index in [0.717, 1.165) is 11.3 Å². The Balaban J connectivity index is 0.00000180. The Hall–Kier alpha value is -1.56. The summed E-state index contributed by atoms with van der Waals surface area (Å²) in [5.41, 5.74) is 9.17. The molecule has 2 aromatic rings. The summed E-state index contributed by atoms with van der Waals surface area (Å²) < 4.78 is 0. The number of aryl methyl sites for hydroxylation is 1. The molecule has 0 aliphatic carbocycles. The first-order valence-corrected chi connectivity index (χ1v) is 5.91. The third-order valence-electron chi connectivity index (χ3n) is 2.56. The Bertz CT molecular complexity index is 538. The highest BCUT2D eigenvalue weighted by atomic mass is 127. The molecule has 0 amide bonds. The van der Waals surface area contributed by atoms with Crippen LogP contribution in [0.3, 0.4) is 0 Å². The predicted molar refractivity (Wildman–Crippen MR) is 92.0 cm³/mol. The van der Waals surface area contributed by atoms with Gasteiger partial charge in [0, 0.05) is 5.69 Å². The summed E-state index contributed by atoms with van der Waals surface area (Å²) in [6.45, 7) is 2.66. The summed E-state index contributed by atoms with van der Waals surface area (Å²) in [5, 5.41) is 3.05. The molecule has 3 nitrogen and oxygen atoms in total. The van der Waals surface area contributed by atoms with E-state index < -0.39 is 0 Å². The molecule has 0 radical (unpaired) electrons. The van der Waals surface area contributed by atoms with Crippen LogP contribution in [0.4, 0.5) is 5.69 Å². The molecular weight excluding hydrogens is 349 g/mol. The van der Waals surface area contributed by atoms with Gasteiger partial charge in [-0.2, -0.15) is 0 Å². The molecule has 0 saturated carbocycles. The molecule has 0 unspecified atom stereocenters. The number of nitrogens with zero attached hydrogens (tertiary/aromatic N) is 1. The van der Waals surface area contributed by atoms with Crippen molar-refractivity contribution >= 4 is 35.6 Å².